The number of rotatable bonds is 7. The van der Waals surface area contributed by atoms with Crippen LogP contribution in [0.4, 0.5) is 22.0 Å². The zero-order valence-electron chi connectivity index (χ0n) is 19.5. The van der Waals surface area contributed by atoms with Crippen molar-refractivity contribution in [2.75, 3.05) is 48.0 Å². The lowest BCUT2D eigenvalue weighted by molar-refractivity contribution is 0.122. The highest BCUT2D eigenvalue weighted by molar-refractivity contribution is 7.80. The van der Waals surface area contributed by atoms with Crippen LogP contribution in [0, 0.1) is 5.82 Å². The van der Waals surface area contributed by atoms with Crippen molar-refractivity contribution in [1.29, 1.82) is 0 Å². The van der Waals surface area contributed by atoms with Crippen LogP contribution in [0.5, 0.6) is 0 Å². The van der Waals surface area contributed by atoms with Crippen LogP contribution in [-0.4, -0.2) is 47.9 Å². The van der Waals surface area contributed by atoms with Crippen LogP contribution >= 0.6 is 12.2 Å². The van der Waals surface area contributed by atoms with Gasteiger partial charge in [0.25, 0.3) is 0 Å². The van der Waals surface area contributed by atoms with Gasteiger partial charge in [-0.2, -0.15) is 9.97 Å². The molecule has 2 aliphatic heterocycles. The Labute approximate surface area is 210 Å². The number of thiocarbonyl (C=S) groups is 1. The lowest BCUT2D eigenvalue weighted by Crippen LogP contribution is -2.37. The molecule has 0 spiro atoms. The number of aromatic nitrogens is 2. The van der Waals surface area contributed by atoms with Crippen molar-refractivity contribution < 1.29 is 9.13 Å². The Balaban J connectivity index is 1.24. The smallest absolute Gasteiger partial charge is 0.232 e. The van der Waals surface area contributed by atoms with Gasteiger partial charge in [0, 0.05) is 38.8 Å². The summed E-state index contributed by atoms with van der Waals surface area (Å²) in [7, 11) is 0. The average molecular weight is 493 g/mol. The maximum Gasteiger partial charge on any atom is 0.232 e. The summed E-state index contributed by atoms with van der Waals surface area (Å²) in [6.07, 6.45) is 1.72. The van der Waals surface area contributed by atoms with Gasteiger partial charge in [0.1, 0.15) is 17.5 Å². The number of aryl methyl sites for hydroxylation is 1. The Kier molecular flexibility index (Phi) is 7.34. The Hall–Kier alpha value is -3.30. The molecule has 0 unspecified atom stereocenters. The number of nitrogens with one attached hydrogen (secondary N) is 2. The van der Waals surface area contributed by atoms with E-state index in [0.717, 1.165) is 56.2 Å². The van der Waals surface area contributed by atoms with E-state index in [4.69, 9.17) is 26.9 Å². The summed E-state index contributed by atoms with van der Waals surface area (Å²) < 4.78 is 18.6. The zero-order valence-corrected chi connectivity index (χ0v) is 20.4. The number of anilines is 3. The van der Waals surface area contributed by atoms with Gasteiger partial charge in [0.15, 0.2) is 5.11 Å². The minimum Gasteiger partial charge on any atom is -0.378 e. The highest BCUT2D eigenvalue weighted by Gasteiger charge is 2.23. The van der Waals surface area contributed by atoms with Crippen molar-refractivity contribution in [3.05, 3.63) is 77.1 Å². The minimum absolute atomic E-state index is 0.214. The van der Waals surface area contributed by atoms with Crippen LogP contribution in [0.25, 0.3) is 0 Å². The van der Waals surface area contributed by atoms with Crippen LogP contribution < -0.4 is 20.4 Å². The number of ether oxygens (including phenoxy) is 1. The molecule has 2 aliphatic rings. The number of halogens is 1. The van der Waals surface area contributed by atoms with Crippen molar-refractivity contribution in [3.63, 3.8) is 0 Å². The fraction of sp³-hybridized carbons (Fsp3) is 0.346. The first-order valence-corrected chi connectivity index (χ1v) is 12.4. The van der Waals surface area contributed by atoms with Crippen LogP contribution in [0.2, 0.25) is 0 Å². The number of hydrogen-bond donors (Lipinski definition) is 2. The van der Waals surface area contributed by atoms with Crippen LogP contribution in [0.3, 0.4) is 0 Å². The van der Waals surface area contributed by atoms with Gasteiger partial charge < -0.3 is 25.2 Å². The Morgan fingerprint density at radius 3 is 2.29 bits per heavy atom. The zero-order chi connectivity index (χ0) is 24.0. The molecular formula is C26H29FN6OS. The highest BCUT2D eigenvalue weighted by atomic mass is 32.1. The molecule has 0 bridgehead atoms. The van der Waals surface area contributed by atoms with Crippen molar-refractivity contribution in [2.45, 2.75) is 25.9 Å². The molecule has 1 aromatic heterocycles. The molecule has 5 rings (SSSR count). The Bertz CT molecular complexity index is 1140. The van der Waals surface area contributed by atoms with E-state index in [-0.39, 0.29) is 5.82 Å². The molecule has 0 radical (unpaired) electrons. The van der Waals surface area contributed by atoms with Gasteiger partial charge in [0.05, 0.1) is 13.2 Å². The van der Waals surface area contributed by atoms with Gasteiger partial charge in [-0.1, -0.05) is 36.4 Å². The molecule has 3 heterocycles. The summed E-state index contributed by atoms with van der Waals surface area (Å²) in [6.45, 7) is 5.30. The second kappa shape index (κ2) is 11.0. The number of morpholine rings is 1. The SMILES string of the molecule is Fc1ccc(CCCNC(=S)Nc2nc(N3CCOCC3)cc(N3Cc4ccccc4C3)n2)cc1. The number of hydrogen-bond acceptors (Lipinski definition) is 6. The van der Waals surface area contributed by atoms with Crippen molar-refractivity contribution >= 4 is 34.9 Å². The van der Waals surface area contributed by atoms with E-state index >= 15 is 0 Å². The third-order valence-corrected chi connectivity index (χ3v) is 6.51. The molecule has 7 nitrogen and oxygen atoms in total. The molecular weight excluding hydrogens is 463 g/mol. The summed E-state index contributed by atoms with van der Waals surface area (Å²) in [4.78, 5) is 14.0. The van der Waals surface area contributed by atoms with Gasteiger partial charge in [-0.05, 0) is 53.9 Å². The lowest BCUT2D eigenvalue weighted by Gasteiger charge is -2.29. The maximum absolute atomic E-state index is 13.1. The number of fused-ring (bicyclic) bond motifs is 1. The van der Waals surface area contributed by atoms with E-state index in [0.29, 0.717) is 30.8 Å². The predicted octanol–water partition coefficient (Wildman–Crippen LogP) is 3.89. The van der Waals surface area contributed by atoms with Crippen molar-refractivity contribution in [2.24, 2.45) is 0 Å². The molecule has 182 valence electrons. The van der Waals surface area contributed by atoms with E-state index in [1.54, 1.807) is 0 Å². The largest absolute Gasteiger partial charge is 0.378 e. The van der Waals surface area contributed by atoms with Crippen molar-refractivity contribution in [1.82, 2.24) is 15.3 Å². The summed E-state index contributed by atoms with van der Waals surface area (Å²) in [5, 5.41) is 6.90. The standard InChI is InChI=1S/C26H29FN6OS/c27-22-9-7-19(8-10-22)4-3-11-28-26(35)31-25-29-23(32-12-14-34-15-13-32)16-24(30-25)33-17-20-5-1-2-6-21(20)18-33/h1-2,5-10,16H,3-4,11-15,17-18H2,(H2,28,29,30,31,35). The summed E-state index contributed by atoms with van der Waals surface area (Å²) in [6, 6.07) is 17.2. The van der Waals surface area contributed by atoms with Crippen LogP contribution in [-0.2, 0) is 24.2 Å². The first-order chi connectivity index (χ1) is 17.1. The van der Waals surface area contributed by atoms with Crippen LogP contribution in [0.1, 0.15) is 23.1 Å². The van der Waals surface area contributed by atoms with E-state index in [1.165, 1.54) is 23.3 Å². The molecule has 1 saturated heterocycles. The number of benzene rings is 2. The third-order valence-electron chi connectivity index (χ3n) is 6.27. The summed E-state index contributed by atoms with van der Waals surface area (Å²) in [5.74, 6) is 2.01. The van der Waals surface area contributed by atoms with Crippen molar-refractivity contribution in [3.8, 4) is 0 Å². The Morgan fingerprint density at radius 1 is 0.943 bits per heavy atom. The molecule has 35 heavy (non-hydrogen) atoms. The highest BCUT2D eigenvalue weighted by Crippen LogP contribution is 2.29. The average Bonchev–Trinajstić information content (AvgIpc) is 3.33. The van der Waals surface area contributed by atoms with Gasteiger partial charge in [-0.25, -0.2) is 4.39 Å². The van der Waals surface area contributed by atoms with Gasteiger partial charge >= 0.3 is 0 Å². The second-order valence-corrected chi connectivity index (χ2v) is 9.15. The predicted molar refractivity (Wildman–Crippen MR) is 140 cm³/mol. The normalized spacial score (nSPS) is 15.1. The molecule has 0 aliphatic carbocycles. The minimum atomic E-state index is -0.214. The van der Waals surface area contributed by atoms with Crippen LogP contribution in [0.15, 0.2) is 54.6 Å². The second-order valence-electron chi connectivity index (χ2n) is 8.74. The van der Waals surface area contributed by atoms with E-state index in [1.807, 2.05) is 12.1 Å². The first-order valence-electron chi connectivity index (χ1n) is 12.0. The first kappa shape index (κ1) is 23.4. The fourth-order valence-electron chi connectivity index (χ4n) is 4.38. The molecule has 3 aromatic rings. The third kappa shape index (κ3) is 6.04. The van der Waals surface area contributed by atoms with E-state index in [2.05, 4.69) is 50.8 Å². The van der Waals surface area contributed by atoms with Gasteiger partial charge in [0.2, 0.25) is 5.95 Å². The topological polar surface area (TPSA) is 65.6 Å². The molecule has 1 fully saturated rings. The van der Waals surface area contributed by atoms with Gasteiger partial charge in [-0.15, -0.1) is 0 Å². The molecule has 0 amide bonds. The maximum atomic E-state index is 13.1. The van der Waals surface area contributed by atoms with Gasteiger partial charge in [-0.3, -0.25) is 0 Å². The summed E-state index contributed by atoms with van der Waals surface area (Å²) >= 11 is 5.52. The Morgan fingerprint density at radius 2 is 1.60 bits per heavy atom. The quantitative estimate of drug-likeness (QED) is 0.381. The molecule has 9 heteroatoms. The molecule has 0 atom stereocenters. The van der Waals surface area contributed by atoms with E-state index < -0.39 is 0 Å². The summed E-state index contributed by atoms with van der Waals surface area (Å²) in [5.41, 5.74) is 3.75. The monoisotopic (exact) mass is 492 g/mol. The number of nitrogens with zero attached hydrogens (tertiary/aromatic N) is 4. The fourth-order valence-corrected chi connectivity index (χ4v) is 4.57. The molecule has 2 N–H and O–H groups in total. The lowest BCUT2D eigenvalue weighted by atomic mass is 10.1. The molecule has 2 aromatic carbocycles. The molecule has 0 saturated carbocycles. The van der Waals surface area contributed by atoms with E-state index in [9.17, 15) is 4.39 Å².